The molecule has 0 atom stereocenters. The van der Waals surface area contributed by atoms with Crippen LogP contribution in [-0.2, 0) is 0 Å². The first-order chi connectivity index (χ1) is 28.3. The van der Waals surface area contributed by atoms with E-state index in [1.807, 2.05) is 60.7 Å². The van der Waals surface area contributed by atoms with Crippen LogP contribution in [0.5, 0.6) is 0 Å². The van der Waals surface area contributed by atoms with E-state index in [9.17, 15) is 17.6 Å². The molecule has 0 unspecified atom stereocenters. The predicted octanol–water partition coefficient (Wildman–Crippen LogP) is 14.9. The Hall–Kier alpha value is -7.44. The molecule has 10 aromatic rings. The van der Waals surface area contributed by atoms with Crippen LogP contribution in [0.4, 0.5) is 17.6 Å². The summed E-state index contributed by atoms with van der Waals surface area (Å²) in [5, 5.41) is 2.63. The summed E-state index contributed by atoms with van der Waals surface area (Å²) in [7, 11) is 0. The maximum absolute atomic E-state index is 14.7. The molecule has 0 fully saturated rings. The molecular formula is C52H32F4N2. The summed E-state index contributed by atoms with van der Waals surface area (Å²) in [6.45, 7) is 0. The molecule has 0 bridgehead atoms. The molecule has 2 nitrogen and oxygen atoms in total. The van der Waals surface area contributed by atoms with Gasteiger partial charge in [-0.15, -0.1) is 0 Å². The number of H-pyrrole nitrogens is 2. The van der Waals surface area contributed by atoms with E-state index < -0.39 is 0 Å². The number of halogens is 4. The first-order valence-electron chi connectivity index (χ1n) is 18.9. The van der Waals surface area contributed by atoms with Gasteiger partial charge in [0, 0.05) is 43.7 Å². The van der Waals surface area contributed by atoms with Crippen molar-refractivity contribution in [1.82, 2.24) is 9.97 Å². The van der Waals surface area contributed by atoms with Crippen molar-refractivity contribution >= 4 is 67.9 Å². The summed E-state index contributed by atoms with van der Waals surface area (Å²) in [5.74, 6) is -1.45. The van der Waals surface area contributed by atoms with Crippen LogP contribution in [0.2, 0.25) is 0 Å². The Labute approximate surface area is 331 Å². The molecule has 58 heavy (non-hydrogen) atoms. The van der Waals surface area contributed by atoms with E-state index >= 15 is 0 Å². The normalized spacial score (nSPS) is 12.0. The van der Waals surface area contributed by atoms with Crippen LogP contribution in [0, 0.1) is 23.3 Å². The molecule has 278 valence electrons. The minimum atomic E-state index is -0.370. The van der Waals surface area contributed by atoms with Crippen molar-refractivity contribution in [3.05, 3.63) is 203 Å². The van der Waals surface area contributed by atoms with Crippen LogP contribution in [0.15, 0.2) is 158 Å². The molecule has 0 aliphatic heterocycles. The van der Waals surface area contributed by atoms with Crippen molar-refractivity contribution in [3.63, 3.8) is 0 Å². The number of aromatic amines is 2. The van der Waals surface area contributed by atoms with Crippen molar-refractivity contribution < 1.29 is 17.6 Å². The zero-order valence-corrected chi connectivity index (χ0v) is 30.8. The fourth-order valence-electron chi connectivity index (χ4n) is 7.84. The van der Waals surface area contributed by atoms with Crippen LogP contribution in [0.1, 0.15) is 22.3 Å². The highest BCUT2D eigenvalue weighted by Gasteiger charge is 2.14. The van der Waals surface area contributed by atoms with E-state index in [1.165, 1.54) is 48.5 Å². The molecule has 6 heteroatoms. The third kappa shape index (κ3) is 6.65. The van der Waals surface area contributed by atoms with Gasteiger partial charge >= 0.3 is 0 Å². The summed E-state index contributed by atoms with van der Waals surface area (Å²) in [6.07, 6.45) is 8.23. The summed E-state index contributed by atoms with van der Waals surface area (Å²) in [5.41, 5.74) is 12.6. The first-order valence-corrected chi connectivity index (χ1v) is 18.9. The highest BCUT2D eigenvalue weighted by atomic mass is 19.1. The minimum absolute atomic E-state index is 0.356. The van der Waals surface area contributed by atoms with Gasteiger partial charge in [0.15, 0.2) is 0 Å². The van der Waals surface area contributed by atoms with Crippen molar-refractivity contribution in [1.29, 1.82) is 0 Å². The van der Waals surface area contributed by atoms with Gasteiger partial charge in [0.1, 0.15) is 23.3 Å². The van der Waals surface area contributed by atoms with Crippen molar-refractivity contribution in [3.8, 4) is 33.4 Å². The van der Waals surface area contributed by atoms with Crippen molar-refractivity contribution in [2.24, 2.45) is 0 Å². The van der Waals surface area contributed by atoms with Crippen LogP contribution in [0.25, 0.3) is 101 Å². The van der Waals surface area contributed by atoms with Crippen molar-refractivity contribution in [2.75, 3.05) is 0 Å². The van der Waals surface area contributed by atoms with Gasteiger partial charge in [0.2, 0.25) is 0 Å². The highest BCUT2D eigenvalue weighted by molar-refractivity contribution is 6.13. The average Bonchev–Trinajstić information content (AvgIpc) is 3.79. The Morgan fingerprint density at radius 3 is 0.948 bits per heavy atom. The molecule has 0 spiro atoms. The molecule has 0 saturated carbocycles. The van der Waals surface area contributed by atoms with E-state index in [2.05, 4.69) is 70.7 Å². The first kappa shape index (κ1) is 35.0. The van der Waals surface area contributed by atoms with Gasteiger partial charge in [-0.05, 0) is 105 Å². The van der Waals surface area contributed by atoms with Crippen LogP contribution in [-0.4, -0.2) is 9.97 Å². The maximum atomic E-state index is 14.7. The number of hydrogen-bond donors (Lipinski definition) is 2. The van der Waals surface area contributed by atoms with Gasteiger partial charge in [-0.25, -0.2) is 17.6 Å². The quantitative estimate of drug-likeness (QED) is 0.120. The number of aromatic nitrogens is 2. The molecule has 0 radical (unpaired) electrons. The second kappa shape index (κ2) is 14.3. The number of rotatable bonds is 7. The fourth-order valence-corrected chi connectivity index (χ4v) is 7.84. The van der Waals surface area contributed by atoms with Gasteiger partial charge in [-0.3, -0.25) is 0 Å². The highest BCUT2D eigenvalue weighted by Crippen LogP contribution is 2.36. The molecule has 2 N–H and O–H groups in total. The Bertz CT molecular complexity index is 3000. The largest absolute Gasteiger partial charge is 0.354 e. The Kier molecular flexibility index (Phi) is 8.60. The second-order valence-corrected chi connectivity index (χ2v) is 14.5. The minimum Gasteiger partial charge on any atom is -0.354 e. The summed E-state index contributed by atoms with van der Waals surface area (Å²) >= 11 is 0. The maximum Gasteiger partial charge on any atom is 0.124 e. The van der Waals surface area contributed by atoms with Gasteiger partial charge in [-0.1, -0.05) is 121 Å². The van der Waals surface area contributed by atoms with E-state index in [1.54, 1.807) is 12.1 Å². The fraction of sp³-hybridized carbons (Fsp3) is 0. The van der Waals surface area contributed by atoms with Gasteiger partial charge in [-0.2, -0.15) is 0 Å². The smallest absolute Gasteiger partial charge is 0.124 e. The topological polar surface area (TPSA) is 31.6 Å². The van der Waals surface area contributed by atoms with Crippen LogP contribution in [0.3, 0.4) is 0 Å². The average molecular weight is 761 g/mol. The van der Waals surface area contributed by atoms with Crippen molar-refractivity contribution in [2.45, 2.75) is 0 Å². The van der Waals surface area contributed by atoms with E-state index in [0.717, 1.165) is 77.7 Å². The molecular weight excluding hydrogens is 729 g/mol. The molecule has 8 aromatic carbocycles. The SMILES string of the molecule is Fc1ccc2[nH]c3c(-c4ccc(C=Cc5ccc(-c6ccc(C=Cc7ccc(-c8cc(F)cc9c8[nH]c8ccc(F)cc89)cc7)cc6)cc5)cc4)cc(F)cc3c2c1. The Balaban J connectivity index is 0.800. The molecule has 0 aliphatic rings. The summed E-state index contributed by atoms with van der Waals surface area (Å²) in [4.78, 5) is 6.68. The summed E-state index contributed by atoms with van der Waals surface area (Å²) in [6, 6.07) is 47.6. The van der Waals surface area contributed by atoms with Crippen LogP contribution >= 0.6 is 0 Å². The number of nitrogens with one attached hydrogen (secondary N) is 2. The molecule has 0 aliphatic carbocycles. The third-order valence-electron chi connectivity index (χ3n) is 10.8. The number of benzene rings is 8. The Morgan fingerprint density at radius 2 is 0.603 bits per heavy atom. The molecule has 2 heterocycles. The zero-order valence-electron chi connectivity index (χ0n) is 30.8. The lowest BCUT2D eigenvalue weighted by atomic mass is 9.99. The third-order valence-corrected chi connectivity index (χ3v) is 10.8. The Morgan fingerprint density at radius 1 is 0.293 bits per heavy atom. The van der Waals surface area contributed by atoms with Gasteiger partial charge in [0.05, 0.1) is 11.0 Å². The lowest BCUT2D eigenvalue weighted by molar-refractivity contribution is 0.628. The number of hydrogen-bond acceptors (Lipinski definition) is 0. The molecule has 0 saturated heterocycles. The zero-order chi connectivity index (χ0) is 39.3. The van der Waals surface area contributed by atoms with E-state index in [4.69, 9.17) is 0 Å². The van der Waals surface area contributed by atoms with Crippen LogP contribution < -0.4 is 0 Å². The molecule has 2 aromatic heterocycles. The monoisotopic (exact) mass is 760 g/mol. The summed E-state index contributed by atoms with van der Waals surface area (Å²) < 4.78 is 57.3. The number of fused-ring (bicyclic) bond motifs is 6. The second-order valence-electron chi connectivity index (χ2n) is 14.5. The van der Waals surface area contributed by atoms with Gasteiger partial charge < -0.3 is 9.97 Å². The standard InChI is InChI=1S/C52H32F4N2/c53-39-21-23-49-45(25-39)47-29-41(55)27-43(51(47)57-49)37-17-9-33(10-18-37)3-1-31-5-13-35(14-6-31)36-15-7-32(8-16-36)2-4-34-11-19-38(20-12-34)44-28-42(56)30-48-46-26-40(54)22-24-50(46)58-52(44)48/h1-30,57-58H. The molecule has 0 amide bonds. The van der Waals surface area contributed by atoms with Gasteiger partial charge in [0.25, 0.3) is 0 Å². The van der Waals surface area contributed by atoms with E-state index in [0.29, 0.717) is 21.5 Å². The lowest BCUT2D eigenvalue weighted by Crippen LogP contribution is -1.84. The van der Waals surface area contributed by atoms with E-state index in [-0.39, 0.29) is 23.3 Å². The lowest BCUT2D eigenvalue weighted by Gasteiger charge is -2.06. The molecule has 10 rings (SSSR count). The predicted molar refractivity (Wildman–Crippen MR) is 232 cm³/mol.